The number of thiophene rings is 2. The Morgan fingerprint density at radius 2 is 0.792 bits per heavy atom. The number of rotatable bonds is 4. The predicted octanol–water partition coefficient (Wildman–Crippen LogP) is 12.1. The number of hydrogen-bond donors (Lipinski definition) is 0. The summed E-state index contributed by atoms with van der Waals surface area (Å²) >= 11 is 6.00. The van der Waals surface area contributed by atoms with E-state index in [1.54, 1.807) is 22.7 Å². The molecule has 0 saturated carbocycles. The number of benzene rings is 5. The van der Waals surface area contributed by atoms with Gasteiger partial charge in [-0.2, -0.15) is 17.5 Å². The van der Waals surface area contributed by atoms with Gasteiger partial charge in [0.05, 0.1) is 45.1 Å². The molecule has 48 heavy (non-hydrogen) atoms. The van der Waals surface area contributed by atoms with Crippen molar-refractivity contribution in [2.45, 2.75) is 0 Å². The van der Waals surface area contributed by atoms with Crippen LogP contribution in [0.5, 0.6) is 0 Å². The highest BCUT2D eigenvalue weighted by molar-refractivity contribution is 7.58. The summed E-state index contributed by atoms with van der Waals surface area (Å²) in [4.78, 5) is 2.21. The lowest BCUT2D eigenvalue weighted by Gasteiger charge is -2.10. The molecular weight excluding hydrogens is 669 g/mol. The molecule has 0 amide bonds. The van der Waals surface area contributed by atoms with Crippen molar-refractivity contribution >= 4 is 112 Å². The number of para-hydroxylation sites is 4. The van der Waals surface area contributed by atoms with Crippen LogP contribution in [0.25, 0.3) is 85.5 Å². The highest BCUT2D eigenvalue weighted by atomic mass is 32.1. The summed E-state index contributed by atoms with van der Waals surface area (Å²) in [5.74, 6) is 0. The zero-order chi connectivity index (χ0) is 31.3. The minimum atomic E-state index is 0.873. The first-order chi connectivity index (χ1) is 23.8. The van der Waals surface area contributed by atoms with Gasteiger partial charge in [0.15, 0.2) is 0 Å². The molecule has 0 bridgehead atoms. The summed E-state index contributed by atoms with van der Waals surface area (Å²) in [6.45, 7) is 0. The van der Waals surface area contributed by atoms with Gasteiger partial charge in [-0.3, -0.25) is 0 Å². The zero-order valence-electron chi connectivity index (χ0n) is 24.9. The van der Waals surface area contributed by atoms with Gasteiger partial charge < -0.3 is 9.13 Å². The number of aromatic nitrogens is 4. The molecule has 226 valence electrons. The summed E-state index contributed by atoms with van der Waals surface area (Å²) in [6.07, 6.45) is 0. The minimum Gasteiger partial charge on any atom is -0.301 e. The van der Waals surface area contributed by atoms with E-state index in [1.165, 1.54) is 66.7 Å². The summed E-state index contributed by atoms with van der Waals surface area (Å²) in [7, 11) is 0. The highest BCUT2D eigenvalue weighted by Crippen LogP contribution is 2.54. The molecule has 0 saturated heterocycles. The molecule has 0 unspecified atom stereocenters. The van der Waals surface area contributed by atoms with E-state index in [1.807, 2.05) is 0 Å². The molecule has 5 aromatic carbocycles. The van der Waals surface area contributed by atoms with Crippen LogP contribution in [0.2, 0.25) is 0 Å². The maximum Gasteiger partial charge on any atom is 0.116 e. The van der Waals surface area contributed by atoms with Gasteiger partial charge in [0.2, 0.25) is 0 Å². The average molecular weight is 689 g/mol. The third kappa shape index (κ3) is 3.65. The van der Waals surface area contributed by atoms with E-state index in [-0.39, 0.29) is 0 Å². The van der Waals surface area contributed by atoms with E-state index in [0.29, 0.717) is 0 Å². The van der Waals surface area contributed by atoms with Crippen LogP contribution in [-0.4, -0.2) is 17.9 Å². The average Bonchev–Trinajstić information content (AvgIpc) is 3.98. The minimum absolute atomic E-state index is 0.873. The monoisotopic (exact) mass is 688 g/mol. The van der Waals surface area contributed by atoms with Crippen LogP contribution in [0.3, 0.4) is 0 Å². The quantitative estimate of drug-likeness (QED) is 0.185. The molecule has 0 spiro atoms. The van der Waals surface area contributed by atoms with Crippen molar-refractivity contribution < 1.29 is 0 Å². The third-order valence-electron chi connectivity index (χ3n) is 9.20. The summed E-state index contributed by atoms with van der Waals surface area (Å²) in [5.41, 5.74) is 10.3. The van der Waals surface area contributed by atoms with Crippen LogP contribution in [0.1, 0.15) is 0 Å². The van der Waals surface area contributed by atoms with Crippen molar-refractivity contribution in [2.75, 3.05) is 0 Å². The predicted molar refractivity (Wildman–Crippen MR) is 204 cm³/mol. The smallest absolute Gasteiger partial charge is 0.116 e. The highest BCUT2D eigenvalue weighted by Gasteiger charge is 2.28. The Morgan fingerprint density at radius 3 is 1.19 bits per heavy atom. The molecule has 0 N–H and O–H groups in total. The maximum atomic E-state index is 4.89. The summed E-state index contributed by atoms with van der Waals surface area (Å²) < 4.78 is 24.3. The van der Waals surface area contributed by atoms with E-state index in [9.17, 15) is 0 Å². The number of nitrogens with zero attached hydrogens (tertiary/aromatic N) is 6. The Bertz CT molecular complexity index is 2720. The molecule has 10 aromatic rings. The van der Waals surface area contributed by atoms with Crippen molar-refractivity contribution in [1.82, 2.24) is 17.9 Å². The van der Waals surface area contributed by atoms with Gasteiger partial charge >= 0.3 is 0 Å². The lowest BCUT2D eigenvalue weighted by atomic mass is 10.0. The van der Waals surface area contributed by atoms with Gasteiger partial charge in [-0.05, 0) is 48.5 Å². The summed E-state index contributed by atoms with van der Waals surface area (Å²) in [6, 6.07) is 43.3. The Kier molecular flexibility index (Phi) is 5.64. The Hall–Kier alpha value is -5.26. The van der Waals surface area contributed by atoms with Gasteiger partial charge in [-0.15, -0.1) is 22.7 Å². The lowest BCUT2D eigenvalue weighted by Crippen LogP contribution is -1.89. The largest absolute Gasteiger partial charge is 0.301 e. The Balaban J connectivity index is 1.09. The molecule has 1 aliphatic heterocycles. The van der Waals surface area contributed by atoms with Crippen LogP contribution in [0, 0.1) is 0 Å². The fourth-order valence-corrected chi connectivity index (χ4v) is 10.5. The van der Waals surface area contributed by atoms with Gasteiger partial charge in [-0.25, -0.2) is 0 Å². The topological polar surface area (TPSA) is 60.4 Å². The maximum absolute atomic E-state index is 4.89. The second-order valence-corrected chi connectivity index (χ2v) is 14.9. The molecule has 11 rings (SSSR count). The fourth-order valence-electron chi connectivity index (χ4n) is 7.21. The normalized spacial score (nSPS) is 12.7. The molecule has 6 nitrogen and oxygen atoms in total. The van der Waals surface area contributed by atoms with E-state index >= 15 is 0 Å². The molecule has 0 aliphatic carbocycles. The molecule has 0 radical (unpaired) electrons. The van der Waals surface area contributed by atoms with E-state index in [2.05, 4.69) is 130 Å². The Morgan fingerprint density at radius 1 is 0.417 bits per heavy atom. The van der Waals surface area contributed by atoms with Crippen molar-refractivity contribution in [1.29, 1.82) is 0 Å². The van der Waals surface area contributed by atoms with Gasteiger partial charge in [0.25, 0.3) is 0 Å². The van der Waals surface area contributed by atoms with Crippen LogP contribution in [-0.2, 0) is 11.4 Å². The lowest BCUT2D eigenvalue weighted by molar-refractivity contribution is 1.22. The van der Waals surface area contributed by atoms with Crippen LogP contribution in [0.4, 0.5) is 11.4 Å². The first-order valence-electron chi connectivity index (χ1n) is 15.4. The SMILES string of the molecule is c1ccc2c(c1)c1ccccc1n2-c1ccc(-c2c3c(c(-c4ccc(-n5c6ccccc6c6ccccc65)s4)c4nsnc24)N=S=N3)s1. The van der Waals surface area contributed by atoms with Crippen molar-refractivity contribution in [2.24, 2.45) is 8.73 Å². The van der Waals surface area contributed by atoms with Crippen LogP contribution < -0.4 is 0 Å². The van der Waals surface area contributed by atoms with Crippen LogP contribution >= 0.6 is 34.4 Å². The van der Waals surface area contributed by atoms with Gasteiger partial charge in [0.1, 0.15) is 32.4 Å². The number of fused-ring (bicyclic) bond motifs is 8. The van der Waals surface area contributed by atoms with E-state index < -0.39 is 0 Å². The third-order valence-corrected chi connectivity index (χ3v) is 12.4. The second-order valence-electron chi connectivity index (χ2n) is 11.7. The zero-order valence-corrected chi connectivity index (χ0v) is 28.1. The second kappa shape index (κ2) is 10.1. The van der Waals surface area contributed by atoms with Crippen LogP contribution in [0.15, 0.2) is 130 Å². The standard InChI is InChI=1S/C38H20N6S4/c1-5-13-25-21(9-1)22-10-2-6-14-26(22)43(25)31-19-17-29(45-31)33-35-37(41-47-39-35)34(38-36(33)40-48-42-38)30-18-20-32(46-30)44-27-15-7-3-11-23(27)24-12-4-8-16-28(24)44/h1-20H. The summed E-state index contributed by atoms with van der Waals surface area (Å²) in [5, 5.41) is 7.30. The van der Waals surface area contributed by atoms with Gasteiger partial charge in [-0.1, -0.05) is 72.8 Å². The molecule has 0 atom stereocenters. The fraction of sp³-hybridized carbons (Fsp3) is 0. The Labute approximate surface area is 289 Å². The molecular formula is C38H20N6S4. The van der Waals surface area contributed by atoms with Crippen molar-refractivity contribution in [3.05, 3.63) is 121 Å². The molecule has 5 aromatic heterocycles. The van der Waals surface area contributed by atoms with E-state index in [4.69, 9.17) is 17.5 Å². The van der Waals surface area contributed by atoms with Gasteiger partial charge in [0, 0.05) is 42.4 Å². The molecule has 1 aliphatic rings. The molecule has 6 heterocycles. The molecule has 10 heteroatoms. The first-order valence-corrected chi connectivity index (χ1v) is 18.5. The first kappa shape index (κ1) is 26.8. The van der Waals surface area contributed by atoms with E-state index in [0.717, 1.165) is 53.3 Å². The molecule has 0 fully saturated rings. The van der Waals surface area contributed by atoms with Crippen molar-refractivity contribution in [3.8, 4) is 30.9 Å². The number of hydrogen-bond acceptors (Lipinski definition) is 7. The van der Waals surface area contributed by atoms with Crippen molar-refractivity contribution in [3.63, 3.8) is 0 Å².